The van der Waals surface area contributed by atoms with Crippen LogP contribution in [0.5, 0.6) is 11.5 Å². The number of hydrogen-bond acceptors (Lipinski definition) is 3. The van der Waals surface area contributed by atoms with Gasteiger partial charge in [0.25, 0.3) is 0 Å². The first-order valence-electron chi connectivity index (χ1n) is 5.88. The van der Waals surface area contributed by atoms with Crippen molar-refractivity contribution in [1.29, 1.82) is 0 Å². The van der Waals surface area contributed by atoms with E-state index in [0.717, 1.165) is 15.7 Å². The van der Waals surface area contributed by atoms with Gasteiger partial charge < -0.3 is 9.84 Å². The van der Waals surface area contributed by atoms with Gasteiger partial charge in [0.05, 0.1) is 12.8 Å². The van der Waals surface area contributed by atoms with Gasteiger partial charge in [0.15, 0.2) is 11.5 Å². The van der Waals surface area contributed by atoms with E-state index >= 15 is 0 Å². The van der Waals surface area contributed by atoms with Gasteiger partial charge in [0, 0.05) is 21.3 Å². The monoisotopic (exact) mass is 353 g/mol. The lowest BCUT2D eigenvalue weighted by atomic mass is 10.2. The van der Waals surface area contributed by atoms with E-state index in [4.69, 9.17) is 16.3 Å². The average Bonchev–Trinajstić information content (AvgIpc) is 2.41. The fraction of sp³-hybridized carbons (Fsp3) is 0.133. The Morgan fingerprint density at radius 3 is 2.70 bits per heavy atom. The molecule has 0 aliphatic rings. The van der Waals surface area contributed by atoms with Gasteiger partial charge in [-0.15, -0.1) is 0 Å². The van der Waals surface area contributed by atoms with E-state index in [1.54, 1.807) is 24.4 Å². The van der Waals surface area contributed by atoms with Crippen molar-refractivity contribution in [3.8, 4) is 11.5 Å². The molecule has 1 N–H and O–H groups in total. The van der Waals surface area contributed by atoms with Crippen molar-refractivity contribution < 1.29 is 9.84 Å². The Labute approximate surface area is 131 Å². The number of aromatic hydroxyl groups is 1. The van der Waals surface area contributed by atoms with Crippen molar-refractivity contribution in [2.24, 2.45) is 4.99 Å². The third-order valence-corrected chi connectivity index (χ3v) is 3.48. The lowest BCUT2D eigenvalue weighted by Crippen LogP contribution is -1.89. The van der Waals surface area contributed by atoms with Gasteiger partial charge in [-0.1, -0.05) is 27.5 Å². The number of phenols is 1. The molecule has 0 radical (unpaired) electrons. The van der Waals surface area contributed by atoms with E-state index in [1.807, 2.05) is 19.1 Å². The second-order valence-corrected chi connectivity index (χ2v) is 5.59. The number of nitrogens with zero attached hydrogens (tertiary/aromatic N) is 1. The van der Waals surface area contributed by atoms with E-state index < -0.39 is 0 Å². The number of halogens is 2. The first-order chi connectivity index (χ1) is 9.51. The molecular formula is C15H13BrClNO2. The molecule has 0 aromatic heterocycles. The summed E-state index contributed by atoms with van der Waals surface area (Å²) in [5.74, 6) is 0.458. The zero-order valence-corrected chi connectivity index (χ0v) is 13.4. The first kappa shape index (κ1) is 14.9. The van der Waals surface area contributed by atoms with Gasteiger partial charge in [-0.2, -0.15) is 0 Å². The summed E-state index contributed by atoms with van der Waals surface area (Å²) in [6.07, 6.45) is 1.60. The van der Waals surface area contributed by atoms with Gasteiger partial charge in [0.1, 0.15) is 0 Å². The predicted molar refractivity (Wildman–Crippen MR) is 85.8 cm³/mol. The van der Waals surface area contributed by atoms with Crippen molar-refractivity contribution in [1.82, 2.24) is 0 Å². The molecule has 0 aliphatic carbocycles. The fourth-order valence-electron chi connectivity index (χ4n) is 1.75. The summed E-state index contributed by atoms with van der Waals surface area (Å²) >= 11 is 9.27. The third-order valence-electron chi connectivity index (χ3n) is 2.79. The highest BCUT2D eigenvalue weighted by Crippen LogP contribution is 2.33. The van der Waals surface area contributed by atoms with Crippen LogP contribution in [0.25, 0.3) is 0 Å². The fourth-order valence-corrected chi connectivity index (χ4v) is 2.43. The molecule has 20 heavy (non-hydrogen) atoms. The molecule has 2 rings (SSSR count). The largest absolute Gasteiger partial charge is 0.504 e. The molecule has 0 spiro atoms. The number of benzene rings is 2. The second-order valence-electron chi connectivity index (χ2n) is 4.23. The number of ether oxygens (including phenoxy) is 1. The quantitative estimate of drug-likeness (QED) is 0.799. The molecule has 0 unspecified atom stereocenters. The van der Waals surface area contributed by atoms with Crippen LogP contribution in [-0.2, 0) is 0 Å². The number of aryl methyl sites for hydroxylation is 1. The first-order valence-corrected chi connectivity index (χ1v) is 7.05. The number of methoxy groups -OCH3 is 1. The van der Waals surface area contributed by atoms with Crippen LogP contribution in [0.2, 0.25) is 5.02 Å². The standard InChI is InChI=1S/C15H13BrClNO2/c1-9-5-12(17)3-4-13(9)18-8-10-6-11(16)7-14(20-2)15(10)19/h3-8,19H,1-2H3. The summed E-state index contributed by atoms with van der Waals surface area (Å²) in [6, 6.07) is 8.92. The summed E-state index contributed by atoms with van der Waals surface area (Å²) in [7, 11) is 1.51. The molecule has 104 valence electrons. The summed E-state index contributed by atoms with van der Waals surface area (Å²) in [5, 5.41) is 10.7. The molecule has 3 nitrogen and oxygen atoms in total. The molecule has 0 saturated carbocycles. The number of rotatable bonds is 3. The van der Waals surface area contributed by atoms with E-state index in [0.29, 0.717) is 16.3 Å². The van der Waals surface area contributed by atoms with Crippen LogP contribution >= 0.6 is 27.5 Å². The molecule has 5 heteroatoms. The van der Waals surface area contributed by atoms with Crippen molar-refractivity contribution >= 4 is 39.4 Å². The summed E-state index contributed by atoms with van der Waals surface area (Å²) in [5.41, 5.74) is 2.34. The van der Waals surface area contributed by atoms with Crippen molar-refractivity contribution in [3.63, 3.8) is 0 Å². The van der Waals surface area contributed by atoms with E-state index in [2.05, 4.69) is 20.9 Å². The number of hydrogen-bond donors (Lipinski definition) is 1. The van der Waals surface area contributed by atoms with Crippen molar-refractivity contribution in [3.05, 3.63) is 51.0 Å². The zero-order valence-electron chi connectivity index (χ0n) is 11.0. The maximum atomic E-state index is 10.0. The van der Waals surface area contributed by atoms with Gasteiger partial charge in [-0.3, -0.25) is 4.99 Å². The van der Waals surface area contributed by atoms with Crippen LogP contribution in [0.1, 0.15) is 11.1 Å². The summed E-state index contributed by atoms with van der Waals surface area (Å²) in [4.78, 5) is 4.37. The predicted octanol–water partition coefficient (Wildman–Crippen LogP) is 4.88. The van der Waals surface area contributed by atoms with Crippen LogP contribution in [0.15, 0.2) is 39.8 Å². The van der Waals surface area contributed by atoms with Crippen LogP contribution in [-0.4, -0.2) is 18.4 Å². The van der Waals surface area contributed by atoms with E-state index in [9.17, 15) is 5.11 Å². The van der Waals surface area contributed by atoms with E-state index in [-0.39, 0.29) is 5.75 Å². The molecule has 0 saturated heterocycles. The maximum Gasteiger partial charge on any atom is 0.166 e. The third kappa shape index (κ3) is 3.32. The molecular weight excluding hydrogens is 342 g/mol. The van der Waals surface area contributed by atoms with E-state index in [1.165, 1.54) is 7.11 Å². The summed E-state index contributed by atoms with van der Waals surface area (Å²) in [6.45, 7) is 1.93. The highest BCUT2D eigenvalue weighted by atomic mass is 79.9. The van der Waals surface area contributed by atoms with Crippen LogP contribution < -0.4 is 4.74 Å². The Bertz CT molecular complexity index is 671. The topological polar surface area (TPSA) is 41.8 Å². The Balaban J connectivity index is 2.38. The smallest absolute Gasteiger partial charge is 0.166 e. The highest BCUT2D eigenvalue weighted by Gasteiger charge is 2.08. The zero-order chi connectivity index (χ0) is 14.7. The molecule has 0 fully saturated rings. The van der Waals surface area contributed by atoms with Gasteiger partial charge in [-0.05, 0) is 42.8 Å². The average molecular weight is 355 g/mol. The highest BCUT2D eigenvalue weighted by molar-refractivity contribution is 9.10. The molecule has 0 aliphatic heterocycles. The Kier molecular flexibility index (Phi) is 4.68. The van der Waals surface area contributed by atoms with Crippen LogP contribution in [0, 0.1) is 6.92 Å². The number of aliphatic imine (C=N–C) groups is 1. The molecule has 0 bridgehead atoms. The maximum absolute atomic E-state index is 10.0. The Morgan fingerprint density at radius 1 is 1.30 bits per heavy atom. The molecule has 0 atom stereocenters. The second kappa shape index (κ2) is 6.29. The molecule has 2 aromatic carbocycles. The number of phenolic OH excluding ortho intramolecular Hbond substituents is 1. The Hall–Kier alpha value is -1.52. The molecule has 0 heterocycles. The lowest BCUT2D eigenvalue weighted by Gasteiger charge is -2.07. The molecule has 0 amide bonds. The lowest BCUT2D eigenvalue weighted by molar-refractivity contribution is 0.373. The van der Waals surface area contributed by atoms with Crippen molar-refractivity contribution in [2.45, 2.75) is 6.92 Å². The minimum atomic E-state index is 0.0612. The normalized spacial score (nSPS) is 11.0. The van der Waals surface area contributed by atoms with Crippen LogP contribution in [0.3, 0.4) is 0 Å². The SMILES string of the molecule is COc1cc(Br)cc(C=Nc2ccc(Cl)cc2C)c1O. The minimum Gasteiger partial charge on any atom is -0.504 e. The molecule has 2 aromatic rings. The van der Waals surface area contributed by atoms with Gasteiger partial charge in [-0.25, -0.2) is 0 Å². The van der Waals surface area contributed by atoms with Crippen LogP contribution in [0.4, 0.5) is 5.69 Å². The van der Waals surface area contributed by atoms with Crippen molar-refractivity contribution in [2.75, 3.05) is 7.11 Å². The minimum absolute atomic E-state index is 0.0612. The summed E-state index contributed by atoms with van der Waals surface area (Å²) < 4.78 is 5.91. The Morgan fingerprint density at radius 2 is 2.05 bits per heavy atom. The van der Waals surface area contributed by atoms with Gasteiger partial charge in [0.2, 0.25) is 0 Å². The van der Waals surface area contributed by atoms with Gasteiger partial charge >= 0.3 is 0 Å².